The van der Waals surface area contributed by atoms with E-state index in [4.69, 9.17) is 9.15 Å². The van der Waals surface area contributed by atoms with Crippen molar-refractivity contribution in [3.63, 3.8) is 0 Å². The van der Waals surface area contributed by atoms with Crippen molar-refractivity contribution in [2.45, 2.75) is 12.3 Å². The van der Waals surface area contributed by atoms with Crippen LogP contribution in [0.5, 0.6) is 5.75 Å². The Morgan fingerprint density at radius 1 is 1.24 bits per heavy atom. The summed E-state index contributed by atoms with van der Waals surface area (Å²) in [6, 6.07) is 11.3. The summed E-state index contributed by atoms with van der Waals surface area (Å²) in [5, 5.41) is 0. The van der Waals surface area contributed by atoms with Crippen molar-refractivity contribution < 1.29 is 13.9 Å². The zero-order chi connectivity index (χ0) is 11.7. The first-order valence-corrected chi connectivity index (χ1v) is 5.61. The number of Topliss-reactive ketones (excluding diaryl/α,β-unsaturated/α-hetero) is 1. The maximum Gasteiger partial charge on any atom is 0.151 e. The van der Waals surface area contributed by atoms with Gasteiger partial charge in [-0.25, -0.2) is 0 Å². The minimum atomic E-state index is -0.156. The maximum atomic E-state index is 12.1. The van der Waals surface area contributed by atoms with Gasteiger partial charge in [-0.15, -0.1) is 0 Å². The Hall–Kier alpha value is -2.03. The van der Waals surface area contributed by atoms with Gasteiger partial charge in [-0.05, 0) is 18.2 Å². The molecule has 3 rings (SSSR count). The Kier molecular flexibility index (Phi) is 2.44. The molecule has 1 aliphatic rings. The van der Waals surface area contributed by atoms with Crippen molar-refractivity contribution in [1.82, 2.24) is 0 Å². The van der Waals surface area contributed by atoms with Crippen molar-refractivity contribution in [2.24, 2.45) is 0 Å². The first kappa shape index (κ1) is 10.1. The van der Waals surface area contributed by atoms with Gasteiger partial charge in [0.05, 0.1) is 18.6 Å². The van der Waals surface area contributed by atoms with E-state index in [0.29, 0.717) is 18.8 Å². The molecular formula is C14H12O3. The monoisotopic (exact) mass is 228 g/mol. The summed E-state index contributed by atoms with van der Waals surface area (Å²) in [6.45, 7) is 0.443. The van der Waals surface area contributed by atoms with Crippen LogP contribution in [0.1, 0.15) is 17.2 Å². The van der Waals surface area contributed by atoms with Crippen LogP contribution < -0.4 is 4.74 Å². The Labute approximate surface area is 99.0 Å². The maximum absolute atomic E-state index is 12.1. The smallest absolute Gasteiger partial charge is 0.151 e. The number of ketones is 1. The summed E-state index contributed by atoms with van der Waals surface area (Å²) in [6.07, 6.45) is 1.91. The van der Waals surface area contributed by atoms with Crippen LogP contribution >= 0.6 is 0 Å². The SMILES string of the molecule is O=C(Cc1ccco1)C1COc2ccccc21. The van der Waals surface area contributed by atoms with Gasteiger partial charge >= 0.3 is 0 Å². The molecule has 1 aromatic heterocycles. The topological polar surface area (TPSA) is 39.4 Å². The molecular weight excluding hydrogens is 216 g/mol. The third-order valence-corrected chi connectivity index (χ3v) is 3.02. The predicted octanol–water partition coefficient (Wildman–Crippen LogP) is 2.57. The third kappa shape index (κ3) is 1.84. The fourth-order valence-corrected chi connectivity index (χ4v) is 2.14. The molecule has 2 aromatic rings. The van der Waals surface area contributed by atoms with E-state index >= 15 is 0 Å². The summed E-state index contributed by atoms with van der Waals surface area (Å²) in [7, 11) is 0. The molecule has 1 aliphatic heterocycles. The fourth-order valence-electron chi connectivity index (χ4n) is 2.14. The van der Waals surface area contributed by atoms with E-state index < -0.39 is 0 Å². The van der Waals surface area contributed by atoms with Gasteiger partial charge in [0.1, 0.15) is 18.1 Å². The van der Waals surface area contributed by atoms with Crippen LogP contribution in [0, 0.1) is 0 Å². The minimum Gasteiger partial charge on any atom is -0.492 e. The summed E-state index contributed by atoms with van der Waals surface area (Å²) in [5.74, 6) is 1.52. The highest BCUT2D eigenvalue weighted by Gasteiger charge is 2.29. The average molecular weight is 228 g/mol. The Morgan fingerprint density at radius 3 is 2.94 bits per heavy atom. The number of para-hydroxylation sites is 1. The molecule has 0 spiro atoms. The molecule has 1 aromatic carbocycles. The second-order valence-electron chi connectivity index (χ2n) is 4.12. The molecule has 0 aliphatic carbocycles. The Morgan fingerprint density at radius 2 is 2.12 bits per heavy atom. The van der Waals surface area contributed by atoms with Crippen molar-refractivity contribution in [3.05, 3.63) is 54.0 Å². The molecule has 0 fully saturated rings. The second kappa shape index (κ2) is 4.09. The molecule has 0 bridgehead atoms. The molecule has 3 nitrogen and oxygen atoms in total. The number of carbonyl (C=O) groups is 1. The van der Waals surface area contributed by atoms with Crippen molar-refractivity contribution >= 4 is 5.78 Å². The van der Waals surface area contributed by atoms with Gasteiger partial charge in [0, 0.05) is 5.56 Å². The van der Waals surface area contributed by atoms with E-state index in [9.17, 15) is 4.79 Å². The quantitative estimate of drug-likeness (QED) is 0.810. The number of ether oxygens (including phenoxy) is 1. The van der Waals surface area contributed by atoms with Crippen LogP contribution in [0.2, 0.25) is 0 Å². The summed E-state index contributed by atoms with van der Waals surface area (Å²) in [5.41, 5.74) is 0.990. The van der Waals surface area contributed by atoms with E-state index in [1.807, 2.05) is 30.3 Å². The number of carbonyl (C=O) groups excluding carboxylic acids is 1. The van der Waals surface area contributed by atoms with Crippen LogP contribution in [0.25, 0.3) is 0 Å². The number of hydrogen-bond donors (Lipinski definition) is 0. The molecule has 0 N–H and O–H groups in total. The number of hydrogen-bond acceptors (Lipinski definition) is 3. The normalized spacial score (nSPS) is 17.5. The van der Waals surface area contributed by atoms with Gasteiger partial charge in [-0.3, -0.25) is 4.79 Å². The second-order valence-corrected chi connectivity index (χ2v) is 4.12. The Bertz CT molecular complexity index is 528. The third-order valence-electron chi connectivity index (χ3n) is 3.02. The van der Waals surface area contributed by atoms with Crippen molar-refractivity contribution in [3.8, 4) is 5.75 Å². The van der Waals surface area contributed by atoms with E-state index in [0.717, 1.165) is 11.3 Å². The first-order valence-electron chi connectivity index (χ1n) is 5.61. The minimum absolute atomic E-state index is 0.143. The molecule has 0 saturated heterocycles. The zero-order valence-corrected chi connectivity index (χ0v) is 9.26. The van der Waals surface area contributed by atoms with Gasteiger partial charge < -0.3 is 9.15 Å². The lowest BCUT2D eigenvalue weighted by Gasteiger charge is -2.05. The van der Waals surface area contributed by atoms with E-state index in [-0.39, 0.29) is 11.7 Å². The molecule has 0 radical (unpaired) electrons. The van der Waals surface area contributed by atoms with Crippen LogP contribution in [-0.2, 0) is 11.2 Å². The lowest BCUT2D eigenvalue weighted by Crippen LogP contribution is -2.16. The van der Waals surface area contributed by atoms with Crippen molar-refractivity contribution in [1.29, 1.82) is 0 Å². The predicted molar refractivity (Wildman–Crippen MR) is 62.1 cm³/mol. The highest BCUT2D eigenvalue weighted by molar-refractivity contribution is 5.88. The highest BCUT2D eigenvalue weighted by Crippen LogP contribution is 2.34. The molecule has 3 heteroatoms. The van der Waals surface area contributed by atoms with E-state index in [2.05, 4.69) is 0 Å². The van der Waals surface area contributed by atoms with Crippen LogP contribution in [0.4, 0.5) is 0 Å². The molecule has 17 heavy (non-hydrogen) atoms. The van der Waals surface area contributed by atoms with Crippen molar-refractivity contribution in [2.75, 3.05) is 6.61 Å². The number of furan rings is 1. The molecule has 0 amide bonds. The first-order chi connectivity index (χ1) is 8.34. The van der Waals surface area contributed by atoms with Gasteiger partial charge in [0.2, 0.25) is 0 Å². The summed E-state index contributed by atoms with van der Waals surface area (Å²) >= 11 is 0. The Balaban J connectivity index is 1.80. The molecule has 2 heterocycles. The summed E-state index contributed by atoms with van der Waals surface area (Å²) < 4.78 is 10.7. The standard InChI is InChI=1S/C14H12O3/c15-13(8-10-4-3-7-16-10)12-9-17-14-6-2-1-5-11(12)14/h1-7,12H,8-9H2. The number of rotatable bonds is 3. The van der Waals surface area contributed by atoms with E-state index in [1.165, 1.54) is 0 Å². The lowest BCUT2D eigenvalue weighted by atomic mass is 9.94. The zero-order valence-electron chi connectivity index (χ0n) is 9.26. The van der Waals surface area contributed by atoms with Gasteiger partial charge in [0.15, 0.2) is 5.78 Å². The highest BCUT2D eigenvalue weighted by atomic mass is 16.5. The number of benzene rings is 1. The molecule has 0 saturated carbocycles. The van der Waals surface area contributed by atoms with Gasteiger partial charge in [-0.2, -0.15) is 0 Å². The number of fused-ring (bicyclic) bond motifs is 1. The molecule has 86 valence electrons. The summed E-state index contributed by atoms with van der Waals surface area (Å²) in [4.78, 5) is 12.1. The van der Waals surface area contributed by atoms with E-state index in [1.54, 1.807) is 12.3 Å². The van der Waals surface area contributed by atoms with Crippen LogP contribution in [0.3, 0.4) is 0 Å². The molecule has 1 atom stereocenters. The average Bonchev–Trinajstić information content (AvgIpc) is 2.96. The van der Waals surface area contributed by atoms with Gasteiger partial charge in [0.25, 0.3) is 0 Å². The fraction of sp³-hybridized carbons (Fsp3) is 0.214. The molecule has 1 unspecified atom stereocenters. The largest absolute Gasteiger partial charge is 0.492 e. The van der Waals surface area contributed by atoms with Crippen LogP contribution in [-0.4, -0.2) is 12.4 Å². The van der Waals surface area contributed by atoms with Crippen LogP contribution in [0.15, 0.2) is 47.1 Å². The van der Waals surface area contributed by atoms with Gasteiger partial charge in [-0.1, -0.05) is 18.2 Å². The lowest BCUT2D eigenvalue weighted by molar-refractivity contribution is -0.120.